The van der Waals surface area contributed by atoms with Crippen LogP contribution in [0.3, 0.4) is 0 Å². The molecule has 0 aliphatic rings. The molecule has 0 spiro atoms. The van der Waals surface area contributed by atoms with Gasteiger partial charge in [-0.3, -0.25) is 4.90 Å². The number of aliphatic hydroxyl groups is 1. The van der Waals surface area contributed by atoms with Crippen LogP contribution in [-0.4, -0.2) is 35.8 Å². The minimum atomic E-state index is -0.532. The van der Waals surface area contributed by atoms with Crippen LogP contribution >= 0.6 is 11.3 Å². The summed E-state index contributed by atoms with van der Waals surface area (Å²) in [5, 5.41) is 12.3. The SMILES string of the molecule is C=CCN(Cc1cccs1)CC(O)COc1cc(C)cc(C)c1. The van der Waals surface area contributed by atoms with Gasteiger partial charge in [-0.1, -0.05) is 18.2 Å². The average Bonchev–Trinajstić information content (AvgIpc) is 2.97. The molecule has 0 saturated carbocycles. The van der Waals surface area contributed by atoms with Crippen molar-refractivity contribution in [1.82, 2.24) is 4.90 Å². The lowest BCUT2D eigenvalue weighted by molar-refractivity contribution is 0.0699. The third-order valence-electron chi connectivity index (χ3n) is 3.45. The predicted octanol–water partition coefficient (Wildman–Crippen LogP) is 3.79. The Morgan fingerprint density at radius 3 is 2.65 bits per heavy atom. The fourth-order valence-electron chi connectivity index (χ4n) is 2.57. The van der Waals surface area contributed by atoms with Gasteiger partial charge in [-0.15, -0.1) is 17.9 Å². The number of benzene rings is 1. The molecule has 0 fully saturated rings. The van der Waals surface area contributed by atoms with Gasteiger partial charge in [-0.05, 0) is 48.6 Å². The zero-order valence-corrected chi connectivity index (χ0v) is 14.7. The minimum Gasteiger partial charge on any atom is -0.491 e. The molecule has 124 valence electrons. The number of nitrogens with zero attached hydrogens (tertiary/aromatic N) is 1. The van der Waals surface area contributed by atoms with Crippen molar-refractivity contribution in [2.75, 3.05) is 19.7 Å². The maximum absolute atomic E-state index is 10.3. The molecule has 4 heteroatoms. The Kier molecular flexibility index (Phi) is 6.84. The van der Waals surface area contributed by atoms with Crippen LogP contribution in [0.2, 0.25) is 0 Å². The van der Waals surface area contributed by atoms with E-state index in [0.29, 0.717) is 13.2 Å². The molecular weight excluding hydrogens is 306 g/mol. The summed E-state index contributed by atoms with van der Waals surface area (Å²) in [4.78, 5) is 3.46. The van der Waals surface area contributed by atoms with Gasteiger partial charge in [-0.25, -0.2) is 0 Å². The Morgan fingerprint density at radius 2 is 2.04 bits per heavy atom. The van der Waals surface area contributed by atoms with E-state index in [4.69, 9.17) is 4.74 Å². The van der Waals surface area contributed by atoms with E-state index in [0.717, 1.165) is 18.8 Å². The van der Waals surface area contributed by atoms with E-state index in [2.05, 4.69) is 29.0 Å². The van der Waals surface area contributed by atoms with Gasteiger partial charge in [0, 0.05) is 24.5 Å². The Hall–Kier alpha value is -1.62. The highest BCUT2D eigenvalue weighted by molar-refractivity contribution is 7.09. The topological polar surface area (TPSA) is 32.7 Å². The second-order valence-corrected chi connectivity index (χ2v) is 6.88. The monoisotopic (exact) mass is 331 g/mol. The van der Waals surface area contributed by atoms with Crippen LogP contribution in [0.25, 0.3) is 0 Å². The highest BCUT2D eigenvalue weighted by Crippen LogP contribution is 2.17. The summed E-state index contributed by atoms with van der Waals surface area (Å²) in [6, 6.07) is 10.3. The van der Waals surface area contributed by atoms with Crippen molar-refractivity contribution in [1.29, 1.82) is 0 Å². The molecule has 0 aliphatic carbocycles. The second-order valence-electron chi connectivity index (χ2n) is 5.85. The van der Waals surface area contributed by atoms with Crippen LogP contribution in [-0.2, 0) is 6.54 Å². The number of thiophene rings is 1. The Labute approximate surface area is 142 Å². The van der Waals surface area contributed by atoms with E-state index in [-0.39, 0.29) is 0 Å². The highest BCUT2D eigenvalue weighted by Gasteiger charge is 2.13. The van der Waals surface area contributed by atoms with Crippen LogP contribution < -0.4 is 4.74 Å². The molecule has 1 aromatic heterocycles. The van der Waals surface area contributed by atoms with E-state index < -0.39 is 6.10 Å². The molecule has 1 N–H and O–H groups in total. The molecule has 3 nitrogen and oxygen atoms in total. The van der Waals surface area contributed by atoms with Crippen LogP contribution in [0.4, 0.5) is 0 Å². The average molecular weight is 331 g/mol. The number of ether oxygens (including phenoxy) is 1. The first-order valence-corrected chi connectivity index (χ1v) is 8.69. The summed E-state index contributed by atoms with van der Waals surface area (Å²) in [6.45, 7) is 10.3. The number of hydrogen-bond donors (Lipinski definition) is 1. The molecule has 0 aliphatic heterocycles. The maximum atomic E-state index is 10.3. The lowest BCUT2D eigenvalue weighted by Gasteiger charge is -2.23. The molecule has 0 bridgehead atoms. The summed E-state index contributed by atoms with van der Waals surface area (Å²) in [5.74, 6) is 0.815. The van der Waals surface area contributed by atoms with Gasteiger partial charge >= 0.3 is 0 Å². The van der Waals surface area contributed by atoms with Crippen molar-refractivity contribution >= 4 is 11.3 Å². The van der Waals surface area contributed by atoms with Gasteiger partial charge in [0.1, 0.15) is 18.5 Å². The van der Waals surface area contributed by atoms with E-state index in [1.807, 2.05) is 38.1 Å². The molecule has 0 saturated heterocycles. The molecule has 1 heterocycles. The van der Waals surface area contributed by atoms with Crippen molar-refractivity contribution in [3.8, 4) is 5.75 Å². The lowest BCUT2D eigenvalue weighted by atomic mass is 10.1. The Balaban J connectivity index is 1.85. The Bertz CT molecular complexity index is 590. The van der Waals surface area contributed by atoms with Gasteiger partial charge in [-0.2, -0.15) is 0 Å². The van der Waals surface area contributed by atoms with E-state index in [9.17, 15) is 5.11 Å². The lowest BCUT2D eigenvalue weighted by Crippen LogP contribution is -2.35. The molecule has 23 heavy (non-hydrogen) atoms. The van der Waals surface area contributed by atoms with Crippen molar-refractivity contribution < 1.29 is 9.84 Å². The van der Waals surface area contributed by atoms with Crippen LogP contribution in [0.5, 0.6) is 5.75 Å². The van der Waals surface area contributed by atoms with Crippen molar-refractivity contribution in [2.45, 2.75) is 26.5 Å². The van der Waals surface area contributed by atoms with Crippen LogP contribution in [0.15, 0.2) is 48.4 Å². The molecule has 0 radical (unpaired) electrons. The number of hydrogen-bond acceptors (Lipinski definition) is 4. The maximum Gasteiger partial charge on any atom is 0.119 e. The van der Waals surface area contributed by atoms with Crippen molar-refractivity contribution in [3.05, 3.63) is 64.4 Å². The number of aryl methyl sites for hydroxylation is 2. The van der Waals surface area contributed by atoms with E-state index in [1.165, 1.54) is 16.0 Å². The summed E-state index contributed by atoms with van der Waals surface area (Å²) in [6.07, 6.45) is 1.33. The summed E-state index contributed by atoms with van der Waals surface area (Å²) < 4.78 is 5.74. The molecule has 0 amide bonds. The standard InChI is InChI=1S/C19H25NO2S/c1-4-7-20(13-19-6-5-8-23-19)12-17(21)14-22-18-10-15(2)9-16(3)11-18/h4-6,8-11,17,21H,1,7,12-14H2,2-3H3. The molecule has 2 rings (SSSR count). The Morgan fingerprint density at radius 1 is 1.30 bits per heavy atom. The molecule has 2 aromatic rings. The van der Waals surface area contributed by atoms with Gasteiger partial charge in [0.15, 0.2) is 0 Å². The zero-order chi connectivity index (χ0) is 16.7. The van der Waals surface area contributed by atoms with Gasteiger partial charge in [0.05, 0.1) is 0 Å². The summed E-state index contributed by atoms with van der Waals surface area (Å²) >= 11 is 1.73. The van der Waals surface area contributed by atoms with Gasteiger partial charge in [0.25, 0.3) is 0 Å². The van der Waals surface area contributed by atoms with Crippen molar-refractivity contribution in [3.63, 3.8) is 0 Å². The fourth-order valence-corrected chi connectivity index (χ4v) is 3.31. The predicted molar refractivity (Wildman–Crippen MR) is 97.2 cm³/mol. The third kappa shape index (κ3) is 6.18. The largest absolute Gasteiger partial charge is 0.491 e. The van der Waals surface area contributed by atoms with Gasteiger partial charge < -0.3 is 9.84 Å². The van der Waals surface area contributed by atoms with E-state index >= 15 is 0 Å². The zero-order valence-electron chi connectivity index (χ0n) is 13.9. The van der Waals surface area contributed by atoms with E-state index in [1.54, 1.807) is 11.3 Å². The first kappa shape index (κ1) is 17.7. The number of rotatable bonds is 9. The fraction of sp³-hybridized carbons (Fsp3) is 0.368. The first-order chi connectivity index (χ1) is 11.1. The van der Waals surface area contributed by atoms with Crippen molar-refractivity contribution in [2.24, 2.45) is 0 Å². The number of aliphatic hydroxyl groups excluding tert-OH is 1. The molecule has 1 atom stereocenters. The first-order valence-electron chi connectivity index (χ1n) is 7.81. The third-order valence-corrected chi connectivity index (χ3v) is 4.31. The summed E-state index contributed by atoms with van der Waals surface area (Å²) in [5.41, 5.74) is 2.33. The molecular formula is C19H25NO2S. The van der Waals surface area contributed by atoms with Crippen LogP contribution in [0, 0.1) is 13.8 Å². The summed E-state index contributed by atoms with van der Waals surface area (Å²) in [7, 11) is 0. The highest BCUT2D eigenvalue weighted by atomic mass is 32.1. The van der Waals surface area contributed by atoms with Crippen LogP contribution in [0.1, 0.15) is 16.0 Å². The van der Waals surface area contributed by atoms with Gasteiger partial charge in [0.2, 0.25) is 0 Å². The molecule has 1 unspecified atom stereocenters. The minimum absolute atomic E-state index is 0.293. The molecule has 1 aromatic carbocycles. The quantitative estimate of drug-likeness (QED) is 0.710. The second kappa shape index (κ2) is 8.87. The smallest absolute Gasteiger partial charge is 0.119 e. The normalized spacial score (nSPS) is 12.3.